The third-order valence-corrected chi connectivity index (χ3v) is 8.78. The average molecular weight is 567 g/mol. The van der Waals surface area contributed by atoms with Gasteiger partial charge in [0.2, 0.25) is 5.91 Å². The molecule has 0 aliphatic carbocycles. The monoisotopic (exact) mass is 566 g/mol. The lowest BCUT2D eigenvalue weighted by molar-refractivity contribution is -0.117. The third kappa shape index (κ3) is 5.44. The van der Waals surface area contributed by atoms with Crippen LogP contribution in [-0.4, -0.2) is 48.1 Å². The molecule has 2 N–H and O–H groups in total. The summed E-state index contributed by atoms with van der Waals surface area (Å²) in [4.78, 5) is 33.7. The molecular weight excluding hydrogens is 532 g/mol. The van der Waals surface area contributed by atoms with E-state index in [0.717, 1.165) is 50.9 Å². The Morgan fingerprint density at radius 1 is 1.07 bits per heavy atom. The van der Waals surface area contributed by atoms with Crippen molar-refractivity contribution in [3.8, 4) is 11.1 Å². The van der Waals surface area contributed by atoms with Gasteiger partial charge in [-0.05, 0) is 58.5 Å². The highest BCUT2D eigenvalue weighted by molar-refractivity contribution is 7.18. The molecule has 2 amide bonds. The Hall–Kier alpha value is -4.17. The number of carbonyl (C=O) groups is 2. The molecule has 4 aromatic rings. The first-order chi connectivity index (χ1) is 19.9. The molecule has 0 spiro atoms. The molecule has 41 heavy (non-hydrogen) atoms. The van der Waals surface area contributed by atoms with Gasteiger partial charge in [0, 0.05) is 52.7 Å². The summed E-state index contributed by atoms with van der Waals surface area (Å²) >= 11 is 1.67. The zero-order chi connectivity index (χ0) is 28.5. The van der Waals surface area contributed by atoms with Crippen molar-refractivity contribution in [3.05, 3.63) is 82.9 Å². The summed E-state index contributed by atoms with van der Waals surface area (Å²) in [6.45, 7) is 6.30. The van der Waals surface area contributed by atoms with E-state index in [0.29, 0.717) is 44.4 Å². The maximum absolute atomic E-state index is 13.1. The van der Waals surface area contributed by atoms with Gasteiger partial charge in [-0.2, -0.15) is 0 Å². The average Bonchev–Trinajstić information content (AvgIpc) is 3.62. The zero-order valence-corrected chi connectivity index (χ0v) is 24.2. The van der Waals surface area contributed by atoms with E-state index in [9.17, 15) is 9.59 Å². The van der Waals surface area contributed by atoms with E-state index in [1.165, 1.54) is 11.1 Å². The molecule has 2 aliphatic rings. The summed E-state index contributed by atoms with van der Waals surface area (Å²) in [5.41, 5.74) is 14.0. The topological polar surface area (TPSA) is 88.8 Å². The number of aromatic nitrogens is 1. The van der Waals surface area contributed by atoms with Gasteiger partial charge in [-0.25, -0.2) is 9.78 Å². The lowest BCUT2D eigenvalue weighted by Gasteiger charge is -2.26. The van der Waals surface area contributed by atoms with E-state index in [1.807, 2.05) is 55.3 Å². The fourth-order valence-corrected chi connectivity index (χ4v) is 6.74. The Labute approximate surface area is 244 Å². The van der Waals surface area contributed by atoms with Gasteiger partial charge in [-0.3, -0.25) is 4.79 Å². The second-order valence-electron chi connectivity index (χ2n) is 11.1. The van der Waals surface area contributed by atoms with Crippen molar-refractivity contribution in [3.63, 3.8) is 0 Å². The summed E-state index contributed by atoms with van der Waals surface area (Å²) in [6, 6.07) is 16.2. The van der Waals surface area contributed by atoms with Gasteiger partial charge in [0.15, 0.2) is 0 Å². The van der Waals surface area contributed by atoms with Crippen LogP contribution in [0.25, 0.3) is 26.8 Å². The van der Waals surface area contributed by atoms with Crippen LogP contribution >= 0.6 is 11.3 Å². The SMILES string of the molecule is CC(C)COC(=O)N1CC=C(c2cnc(N)c3c(-c4ccc5c(c4)CCN5C(=O)Cc4ccccc4)csc23)CC1. The van der Waals surface area contributed by atoms with E-state index < -0.39 is 0 Å². The van der Waals surface area contributed by atoms with Crippen LogP contribution in [0.1, 0.15) is 37.0 Å². The predicted octanol–water partition coefficient (Wildman–Crippen LogP) is 6.56. The Kier molecular flexibility index (Phi) is 7.49. The number of amides is 2. The fraction of sp³-hybridized carbons (Fsp3) is 0.303. The molecule has 0 atom stereocenters. The van der Waals surface area contributed by atoms with Crippen molar-refractivity contribution < 1.29 is 14.3 Å². The molecule has 7 nitrogen and oxygen atoms in total. The van der Waals surface area contributed by atoms with E-state index in [2.05, 4.69) is 34.6 Å². The molecule has 210 valence electrons. The van der Waals surface area contributed by atoms with Crippen LogP contribution < -0.4 is 10.6 Å². The highest BCUT2D eigenvalue weighted by Crippen LogP contribution is 2.43. The molecule has 8 heteroatoms. The normalized spacial score (nSPS) is 14.9. The highest BCUT2D eigenvalue weighted by Gasteiger charge is 2.26. The van der Waals surface area contributed by atoms with Crippen LogP contribution in [0.15, 0.2) is 66.2 Å². The minimum absolute atomic E-state index is 0.120. The predicted molar refractivity (Wildman–Crippen MR) is 166 cm³/mol. The second-order valence-corrected chi connectivity index (χ2v) is 12.0. The first-order valence-corrected chi connectivity index (χ1v) is 15.0. The number of hydrogen-bond donors (Lipinski definition) is 1. The van der Waals surface area contributed by atoms with Gasteiger partial charge in [0.25, 0.3) is 0 Å². The van der Waals surface area contributed by atoms with Gasteiger partial charge >= 0.3 is 6.09 Å². The Morgan fingerprint density at radius 2 is 1.90 bits per heavy atom. The number of carbonyl (C=O) groups excluding carboxylic acids is 2. The molecule has 2 aromatic carbocycles. The zero-order valence-electron chi connectivity index (χ0n) is 23.4. The van der Waals surface area contributed by atoms with Crippen molar-refractivity contribution in [1.29, 1.82) is 0 Å². The first-order valence-electron chi connectivity index (χ1n) is 14.1. The van der Waals surface area contributed by atoms with Crippen LogP contribution in [0, 0.1) is 5.92 Å². The third-order valence-electron chi connectivity index (χ3n) is 7.76. The molecule has 4 heterocycles. The van der Waals surface area contributed by atoms with Crippen LogP contribution in [0.3, 0.4) is 0 Å². The number of ether oxygens (including phenoxy) is 1. The lowest BCUT2D eigenvalue weighted by Crippen LogP contribution is -2.35. The molecule has 0 unspecified atom stereocenters. The molecule has 0 saturated carbocycles. The van der Waals surface area contributed by atoms with E-state index in [-0.39, 0.29) is 12.0 Å². The number of nitrogens with zero attached hydrogens (tertiary/aromatic N) is 3. The first kappa shape index (κ1) is 27.0. The van der Waals surface area contributed by atoms with Gasteiger partial charge in [-0.1, -0.05) is 56.3 Å². The fourth-order valence-electron chi connectivity index (χ4n) is 5.61. The molecular formula is C33H34N4O3S. The number of benzene rings is 2. The standard InChI is InChI=1S/C33H34N4O3S/c1-21(2)19-40-33(39)36-13-10-23(11-14-36)26-18-35-32(34)30-27(20-41-31(26)30)24-8-9-28-25(17-24)12-15-37(28)29(38)16-22-6-4-3-5-7-22/h3-10,17-18,20-21H,11-16,19H2,1-2H3,(H2,34,35). The molecule has 0 radical (unpaired) electrons. The number of nitrogens with two attached hydrogens (primary N) is 1. The van der Waals surface area contributed by atoms with Crippen molar-refractivity contribution in [2.75, 3.05) is 36.9 Å². The van der Waals surface area contributed by atoms with Crippen LogP contribution in [-0.2, 0) is 22.4 Å². The van der Waals surface area contributed by atoms with Gasteiger partial charge in [-0.15, -0.1) is 11.3 Å². The Morgan fingerprint density at radius 3 is 2.66 bits per heavy atom. The van der Waals surface area contributed by atoms with E-state index in [1.54, 1.807) is 16.2 Å². The summed E-state index contributed by atoms with van der Waals surface area (Å²) in [5.74, 6) is 0.938. The van der Waals surface area contributed by atoms with Gasteiger partial charge < -0.3 is 20.3 Å². The van der Waals surface area contributed by atoms with Crippen LogP contribution in [0.5, 0.6) is 0 Å². The number of thiophene rings is 1. The Balaban J connectivity index is 1.24. The summed E-state index contributed by atoms with van der Waals surface area (Å²) in [7, 11) is 0. The summed E-state index contributed by atoms with van der Waals surface area (Å²) in [5, 5.41) is 3.11. The molecule has 2 aliphatic heterocycles. The van der Waals surface area contributed by atoms with Gasteiger partial charge in [0.1, 0.15) is 5.82 Å². The highest BCUT2D eigenvalue weighted by atomic mass is 32.1. The molecule has 0 bridgehead atoms. The van der Waals surface area contributed by atoms with Crippen LogP contribution in [0.2, 0.25) is 0 Å². The number of hydrogen-bond acceptors (Lipinski definition) is 6. The smallest absolute Gasteiger partial charge is 0.410 e. The van der Waals surface area contributed by atoms with Crippen molar-refractivity contribution in [2.45, 2.75) is 33.1 Å². The quantitative estimate of drug-likeness (QED) is 0.286. The summed E-state index contributed by atoms with van der Waals surface area (Å²) < 4.78 is 6.52. The maximum Gasteiger partial charge on any atom is 0.410 e. The molecule has 0 saturated heterocycles. The number of anilines is 2. The minimum atomic E-state index is -0.259. The molecule has 6 rings (SSSR count). The Bertz CT molecular complexity index is 1640. The summed E-state index contributed by atoms with van der Waals surface area (Å²) in [6.07, 6.45) is 5.65. The largest absolute Gasteiger partial charge is 0.449 e. The molecule has 0 fully saturated rings. The number of fused-ring (bicyclic) bond motifs is 2. The van der Waals surface area contributed by atoms with Gasteiger partial charge in [0.05, 0.1) is 13.0 Å². The number of nitrogen functional groups attached to an aromatic ring is 1. The van der Waals surface area contributed by atoms with Crippen molar-refractivity contribution >= 4 is 50.5 Å². The van der Waals surface area contributed by atoms with Crippen molar-refractivity contribution in [2.24, 2.45) is 5.92 Å². The van der Waals surface area contributed by atoms with Crippen LogP contribution in [0.4, 0.5) is 16.3 Å². The second kappa shape index (κ2) is 11.4. The van der Waals surface area contributed by atoms with Crippen molar-refractivity contribution in [1.82, 2.24) is 9.88 Å². The number of pyridine rings is 1. The lowest BCUT2D eigenvalue weighted by atomic mass is 9.97. The maximum atomic E-state index is 13.1. The molecule has 2 aromatic heterocycles. The minimum Gasteiger partial charge on any atom is -0.449 e. The van der Waals surface area contributed by atoms with E-state index in [4.69, 9.17) is 10.5 Å². The van der Waals surface area contributed by atoms with E-state index >= 15 is 0 Å². The number of rotatable bonds is 6.